The molecule has 29 heavy (non-hydrogen) atoms. The Morgan fingerprint density at radius 1 is 0.828 bits per heavy atom. The number of piperazine rings is 1. The van der Waals surface area contributed by atoms with Gasteiger partial charge in [0.05, 0.1) is 16.0 Å². The quantitative estimate of drug-likeness (QED) is 0.686. The lowest BCUT2D eigenvalue weighted by molar-refractivity contribution is -0.143. The van der Waals surface area contributed by atoms with Crippen LogP contribution in [0.15, 0.2) is 47.5 Å². The zero-order chi connectivity index (χ0) is 21.4. The summed E-state index contributed by atoms with van der Waals surface area (Å²) in [5.41, 5.74) is -3.34. The third-order valence-corrected chi connectivity index (χ3v) is 6.29. The van der Waals surface area contributed by atoms with E-state index in [0.29, 0.717) is 5.82 Å². The Labute approximate surface area is 162 Å². The Kier molecular flexibility index (Phi) is 5.52. The number of rotatable bonds is 3. The van der Waals surface area contributed by atoms with E-state index in [1.807, 2.05) is 0 Å². The minimum absolute atomic E-state index is 0.0992. The van der Waals surface area contributed by atoms with E-state index in [4.69, 9.17) is 0 Å². The summed E-state index contributed by atoms with van der Waals surface area (Å²) < 4.78 is 104. The molecule has 0 bridgehead atoms. The second-order valence-corrected chi connectivity index (χ2v) is 8.26. The second kappa shape index (κ2) is 7.48. The van der Waals surface area contributed by atoms with Crippen LogP contribution >= 0.6 is 0 Å². The average molecular weight is 439 g/mol. The average Bonchev–Trinajstić information content (AvgIpc) is 2.67. The molecule has 0 spiro atoms. The van der Waals surface area contributed by atoms with Gasteiger partial charge in [0.1, 0.15) is 5.82 Å². The van der Waals surface area contributed by atoms with Crippen molar-refractivity contribution in [2.45, 2.75) is 17.2 Å². The first-order chi connectivity index (χ1) is 13.4. The molecular formula is C17H15F6N3O2S. The van der Waals surface area contributed by atoms with Crippen molar-refractivity contribution >= 4 is 15.8 Å². The lowest BCUT2D eigenvalue weighted by atomic mass is 10.1. The van der Waals surface area contributed by atoms with E-state index in [2.05, 4.69) is 4.98 Å². The standard InChI is InChI=1S/C17H15F6N3O2S/c18-16(19,20)12-9-13(17(21,22)23)11-14(10-12)29(27,28)26-7-5-25(6-8-26)15-3-1-2-4-24-15/h1-4,9-11H,5-8H2. The SMILES string of the molecule is O=S(=O)(c1cc(C(F)(F)F)cc(C(F)(F)F)c1)N1CCN(c2ccccn2)CC1. The number of aromatic nitrogens is 1. The van der Waals surface area contributed by atoms with Crippen LogP contribution in [0.2, 0.25) is 0 Å². The molecule has 2 aromatic rings. The van der Waals surface area contributed by atoms with E-state index >= 15 is 0 Å². The fourth-order valence-electron chi connectivity index (χ4n) is 2.92. The Balaban J connectivity index is 1.90. The molecular weight excluding hydrogens is 424 g/mol. The van der Waals surface area contributed by atoms with Gasteiger partial charge in [-0.25, -0.2) is 13.4 Å². The minimum Gasteiger partial charge on any atom is -0.354 e. The van der Waals surface area contributed by atoms with Crippen LogP contribution in [0.3, 0.4) is 0 Å². The maximum atomic E-state index is 13.0. The lowest BCUT2D eigenvalue weighted by Crippen LogP contribution is -2.49. The van der Waals surface area contributed by atoms with Gasteiger partial charge in [0.2, 0.25) is 10.0 Å². The summed E-state index contributed by atoms with van der Waals surface area (Å²) in [4.78, 5) is 4.87. The molecule has 0 aliphatic carbocycles. The van der Waals surface area contributed by atoms with E-state index in [-0.39, 0.29) is 44.4 Å². The maximum Gasteiger partial charge on any atom is 0.416 e. The van der Waals surface area contributed by atoms with Crippen molar-refractivity contribution in [3.05, 3.63) is 53.7 Å². The number of sulfonamides is 1. The molecule has 0 saturated carbocycles. The first kappa shape index (κ1) is 21.4. The fourth-order valence-corrected chi connectivity index (χ4v) is 4.42. The molecule has 1 fully saturated rings. The fraction of sp³-hybridized carbons (Fsp3) is 0.353. The van der Waals surface area contributed by atoms with Crippen LogP contribution < -0.4 is 4.90 Å². The molecule has 1 saturated heterocycles. The van der Waals surface area contributed by atoms with Gasteiger partial charge in [-0.2, -0.15) is 30.6 Å². The molecule has 1 aliphatic rings. The number of hydrogen-bond donors (Lipinski definition) is 0. The van der Waals surface area contributed by atoms with Crippen LogP contribution in [0.4, 0.5) is 32.2 Å². The predicted octanol–water partition coefficient (Wildman–Crippen LogP) is 3.63. The van der Waals surface area contributed by atoms with E-state index in [1.54, 1.807) is 29.3 Å². The summed E-state index contributed by atoms with van der Waals surface area (Å²) >= 11 is 0. The highest BCUT2D eigenvalue weighted by atomic mass is 32.2. The second-order valence-electron chi connectivity index (χ2n) is 6.32. The molecule has 2 heterocycles. The largest absolute Gasteiger partial charge is 0.416 e. The van der Waals surface area contributed by atoms with Gasteiger partial charge in [0.25, 0.3) is 0 Å². The number of benzene rings is 1. The third kappa shape index (κ3) is 4.64. The zero-order valence-electron chi connectivity index (χ0n) is 14.7. The van der Waals surface area contributed by atoms with Crippen LogP contribution in [0, 0.1) is 0 Å². The van der Waals surface area contributed by atoms with Crippen molar-refractivity contribution in [1.82, 2.24) is 9.29 Å². The first-order valence-corrected chi connectivity index (χ1v) is 9.79. The van der Waals surface area contributed by atoms with Gasteiger partial charge in [0.15, 0.2) is 0 Å². The Morgan fingerprint density at radius 3 is 1.83 bits per heavy atom. The van der Waals surface area contributed by atoms with Crippen LogP contribution in [0.1, 0.15) is 11.1 Å². The predicted molar refractivity (Wildman–Crippen MR) is 91.7 cm³/mol. The number of anilines is 1. The number of alkyl halides is 6. The maximum absolute atomic E-state index is 13.0. The molecule has 0 atom stereocenters. The molecule has 0 amide bonds. The van der Waals surface area contributed by atoms with Crippen molar-refractivity contribution < 1.29 is 34.8 Å². The molecule has 0 unspecified atom stereocenters. The summed E-state index contributed by atoms with van der Waals surface area (Å²) in [6.07, 6.45) is -8.69. The van der Waals surface area contributed by atoms with Crippen molar-refractivity contribution in [2.75, 3.05) is 31.1 Å². The summed E-state index contributed by atoms with van der Waals surface area (Å²) in [5, 5.41) is 0. The molecule has 1 aromatic heterocycles. The van der Waals surface area contributed by atoms with E-state index in [9.17, 15) is 34.8 Å². The smallest absolute Gasteiger partial charge is 0.354 e. The number of nitrogens with zero attached hydrogens (tertiary/aromatic N) is 3. The molecule has 0 N–H and O–H groups in total. The Hall–Kier alpha value is -2.34. The lowest BCUT2D eigenvalue weighted by Gasteiger charge is -2.34. The Bertz CT molecular complexity index is 937. The van der Waals surface area contributed by atoms with Crippen LogP contribution in [-0.2, 0) is 22.4 Å². The van der Waals surface area contributed by atoms with Gasteiger partial charge in [-0.05, 0) is 30.3 Å². The normalized spacial score (nSPS) is 16.8. The summed E-state index contributed by atoms with van der Waals surface area (Å²) in [5.74, 6) is 0.600. The van der Waals surface area contributed by atoms with Gasteiger partial charge < -0.3 is 4.90 Å². The summed E-state index contributed by atoms with van der Waals surface area (Å²) in [6, 6.07) is 5.53. The summed E-state index contributed by atoms with van der Waals surface area (Å²) in [6.45, 7) is 0.190. The number of halogens is 6. The van der Waals surface area contributed by atoms with Gasteiger partial charge in [-0.1, -0.05) is 6.07 Å². The molecule has 1 aromatic carbocycles. The highest BCUT2D eigenvalue weighted by Gasteiger charge is 2.39. The number of hydrogen-bond acceptors (Lipinski definition) is 4. The topological polar surface area (TPSA) is 53.5 Å². The number of pyridine rings is 1. The highest BCUT2D eigenvalue weighted by Crippen LogP contribution is 2.37. The monoisotopic (exact) mass is 439 g/mol. The zero-order valence-corrected chi connectivity index (χ0v) is 15.5. The van der Waals surface area contributed by atoms with E-state index < -0.39 is 38.4 Å². The third-order valence-electron chi connectivity index (χ3n) is 4.41. The van der Waals surface area contributed by atoms with Crippen LogP contribution in [0.25, 0.3) is 0 Å². The molecule has 1 aliphatic heterocycles. The molecule has 158 valence electrons. The summed E-state index contributed by atoms with van der Waals surface area (Å²) in [7, 11) is -4.55. The molecule has 3 rings (SSSR count). The highest BCUT2D eigenvalue weighted by molar-refractivity contribution is 7.89. The van der Waals surface area contributed by atoms with Gasteiger partial charge >= 0.3 is 12.4 Å². The molecule has 5 nitrogen and oxygen atoms in total. The van der Waals surface area contributed by atoms with Crippen molar-refractivity contribution in [3.8, 4) is 0 Å². The van der Waals surface area contributed by atoms with E-state index in [1.165, 1.54) is 0 Å². The first-order valence-electron chi connectivity index (χ1n) is 8.34. The van der Waals surface area contributed by atoms with Gasteiger partial charge in [0, 0.05) is 32.4 Å². The molecule has 0 radical (unpaired) electrons. The van der Waals surface area contributed by atoms with Crippen LogP contribution in [-0.4, -0.2) is 43.9 Å². The van der Waals surface area contributed by atoms with E-state index in [0.717, 1.165) is 4.31 Å². The van der Waals surface area contributed by atoms with Gasteiger partial charge in [-0.15, -0.1) is 0 Å². The van der Waals surface area contributed by atoms with Crippen molar-refractivity contribution in [2.24, 2.45) is 0 Å². The minimum atomic E-state index is -5.12. The Morgan fingerprint density at radius 2 is 1.38 bits per heavy atom. The van der Waals surface area contributed by atoms with Gasteiger partial charge in [-0.3, -0.25) is 0 Å². The van der Waals surface area contributed by atoms with Crippen molar-refractivity contribution in [1.29, 1.82) is 0 Å². The van der Waals surface area contributed by atoms with Crippen LogP contribution in [0.5, 0.6) is 0 Å². The molecule has 12 heteroatoms. The van der Waals surface area contributed by atoms with Crippen molar-refractivity contribution in [3.63, 3.8) is 0 Å².